The van der Waals surface area contributed by atoms with Crippen LogP contribution in [-0.2, 0) is 4.79 Å². The van der Waals surface area contributed by atoms with E-state index in [0.717, 1.165) is 22.5 Å². The highest BCUT2D eigenvalue weighted by Crippen LogP contribution is 2.16. The second-order valence-corrected chi connectivity index (χ2v) is 5.21. The van der Waals surface area contributed by atoms with E-state index in [4.69, 9.17) is 5.26 Å². The summed E-state index contributed by atoms with van der Waals surface area (Å²) < 4.78 is 0. The molecule has 1 amide bonds. The van der Waals surface area contributed by atoms with Crippen molar-refractivity contribution in [2.45, 2.75) is 0 Å². The first-order valence-electron chi connectivity index (χ1n) is 7.61. The lowest BCUT2D eigenvalue weighted by Crippen LogP contribution is -2.07. The molecule has 2 heterocycles. The van der Waals surface area contributed by atoms with E-state index >= 15 is 0 Å². The van der Waals surface area contributed by atoms with Gasteiger partial charge in [0.15, 0.2) is 6.07 Å². The van der Waals surface area contributed by atoms with Gasteiger partial charge in [-0.05, 0) is 41.5 Å². The fraction of sp³-hybridized carbons (Fsp3) is 0. The van der Waals surface area contributed by atoms with E-state index in [1.165, 1.54) is 6.07 Å². The predicted molar refractivity (Wildman–Crippen MR) is 97.1 cm³/mol. The number of rotatable bonds is 4. The first-order valence-corrected chi connectivity index (χ1v) is 7.61. The van der Waals surface area contributed by atoms with Crippen molar-refractivity contribution in [2.24, 2.45) is 0 Å². The van der Waals surface area contributed by atoms with Crippen LogP contribution in [0.5, 0.6) is 0 Å². The molecule has 0 aliphatic rings. The molecule has 0 atom stereocenters. The van der Waals surface area contributed by atoms with Gasteiger partial charge in [-0.1, -0.05) is 36.4 Å². The summed E-state index contributed by atoms with van der Waals surface area (Å²) in [6, 6.07) is 18.4. The highest BCUT2D eigenvalue weighted by Gasteiger charge is 2.00. The summed E-state index contributed by atoms with van der Waals surface area (Å²) in [5.74, 6) is -0.678. The summed E-state index contributed by atoms with van der Waals surface area (Å²) in [5.41, 5.74) is 4.21. The minimum Gasteiger partial charge on any atom is -0.313 e. The Labute approximate surface area is 145 Å². The number of hydrogen-bond donors (Lipinski definition) is 1. The Morgan fingerprint density at radius 2 is 1.64 bits per heavy atom. The molecule has 0 bridgehead atoms. The van der Waals surface area contributed by atoms with E-state index in [-0.39, 0.29) is 0 Å². The number of carbonyl (C=O) groups excluding carboxylic acids is 1. The second-order valence-electron chi connectivity index (χ2n) is 5.21. The maximum absolute atomic E-state index is 11.0. The van der Waals surface area contributed by atoms with Crippen LogP contribution < -0.4 is 5.32 Å². The highest BCUT2D eigenvalue weighted by molar-refractivity contribution is 6.02. The van der Waals surface area contributed by atoms with Crippen LogP contribution in [-0.4, -0.2) is 15.9 Å². The first kappa shape index (κ1) is 16.1. The molecule has 25 heavy (non-hydrogen) atoms. The molecule has 5 heteroatoms. The molecule has 0 unspecified atom stereocenters. The van der Waals surface area contributed by atoms with Gasteiger partial charge in [0.25, 0.3) is 0 Å². The van der Waals surface area contributed by atoms with Crippen molar-refractivity contribution < 1.29 is 4.79 Å². The van der Waals surface area contributed by atoms with Gasteiger partial charge in [-0.15, -0.1) is 0 Å². The van der Waals surface area contributed by atoms with Crippen molar-refractivity contribution in [3.8, 4) is 17.5 Å². The van der Waals surface area contributed by atoms with E-state index in [0.29, 0.717) is 5.69 Å². The van der Waals surface area contributed by atoms with Crippen LogP contribution in [0.4, 0.5) is 5.69 Å². The lowest BCUT2D eigenvalue weighted by molar-refractivity contribution is -0.111. The third kappa shape index (κ3) is 4.36. The van der Waals surface area contributed by atoms with E-state index in [1.54, 1.807) is 24.5 Å². The van der Waals surface area contributed by atoms with E-state index in [2.05, 4.69) is 15.3 Å². The summed E-state index contributed by atoms with van der Waals surface area (Å²) in [5, 5.41) is 10.9. The molecule has 3 rings (SSSR count). The van der Waals surface area contributed by atoms with E-state index < -0.39 is 5.91 Å². The number of amides is 1. The number of carbonyl (C=O) groups is 1. The maximum atomic E-state index is 11.0. The van der Waals surface area contributed by atoms with Crippen LogP contribution in [0.15, 0.2) is 67.0 Å². The minimum absolute atomic E-state index is 0.588. The third-order valence-electron chi connectivity index (χ3n) is 3.45. The van der Waals surface area contributed by atoms with E-state index in [1.807, 2.05) is 54.6 Å². The molecule has 0 radical (unpaired) electrons. The fourth-order valence-corrected chi connectivity index (χ4v) is 2.20. The number of benzene rings is 1. The Hall–Kier alpha value is -3.78. The molecule has 1 aromatic carbocycles. The summed E-state index contributed by atoms with van der Waals surface area (Å²) in [6.45, 7) is 0. The largest absolute Gasteiger partial charge is 0.326 e. The molecule has 1 N–H and O–H groups in total. The van der Waals surface area contributed by atoms with Crippen LogP contribution >= 0.6 is 0 Å². The number of nitrogens with zero attached hydrogens (tertiary/aromatic N) is 3. The van der Waals surface area contributed by atoms with Crippen molar-refractivity contribution in [1.82, 2.24) is 9.97 Å². The Kier molecular flexibility index (Phi) is 4.93. The van der Waals surface area contributed by atoms with Crippen molar-refractivity contribution in [3.63, 3.8) is 0 Å². The van der Waals surface area contributed by atoms with Gasteiger partial charge in [0, 0.05) is 18.1 Å². The number of pyridine rings is 2. The smallest absolute Gasteiger partial charge is 0.313 e. The van der Waals surface area contributed by atoms with Crippen LogP contribution in [0, 0.1) is 11.3 Å². The predicted octanol–water partition coefficient (Wildman–Crippen LogP) is 3.78. The minimum atomic E-state index is -0.678. The number of anilines is 1. The normalized spacial score (nSPS) is 10.4. The highest BCUT2D eigenvalue weighted by atomic mass is 16.1. The lowest BCUT2D eigenvalue weighted by atomic mass is 10.1. The zero-order chi connectivity index (χ0) is 17.5. The summed E-state index contributed by atoms with van der Waals surface area (Å²) in [7, 11) is 0. The maximum Gasteiger partial charge on any atom is 0.326 e. The molecule has 0 saturated heterocycles. The van der Waals surface area contributed by atoms with Gasteiger partial charge >= 0.3 is 5.91 Å². The van der Waals surface area contributed by atoms with Gasteiger partial charge in [0.2, 0.25) is 0 Å². The Morgan fingerprint density at radius 1 is 0.920 bits per heavy atom. The van der Waals surface area contributed by atoms with Crippen LogP contribution in [0.25, 0.3) is 23.5 Å². The number of hydrogen-bond acceptors (Lipinski definition) is 4. The zero-order valence-electron chi connectivity index (χ0n) is 13.3. The second kappa shape index (κ2) is 7.66. The Morgan fingerprint density at radius 3 is 2.28 bits per heavy atom. The SMILES string of the molecule is N#CC(=O)Nc1ccc(/C=C\c2ccc(-c3ccccn3)nc2)cc1. The van der Waals surface area contributed by atoms with E-state index in [9.17, 15) is 4.79 Å². The van der Waals surface area contributed by atoms with Crippen molar-refractivity contribution >= 4 is 23.7 Å². The van der Waals surface area contributed by atoms with Gasteiger partial charge in [0.05, 0.1) is 11.4 Å². The van der Waals surface area contributed by atoms with Crippen molar-refractivity contribution in [2.75, 3.05) is 5.32 Å². The summed E-state index contributed by atoms with van der Waals surface area (Å²) in [6.07, 6.45) is 7.45. The molecular weight excluding hydrogens is 312 g/mol. The molecule has 0 aliphatic heterocycles. The topological polar surface area (TPSA) is 78.7 Å². The first-order chi connectivity index (χ1) is 12.2. The Balaban J connectivity index is 1.68. The number of nitriles is 1. The lowest BCUT2D eigenvalue weighted by Gasteiger charge is -2.01. The zero-order valence-corrected chi connectivity index (χ0v) is 13.3. The molecule has 2 aromatic heterocycles. The van der Waals surface area contributed by atoms with Crippen LogP contribution in [0.1, 0.15) is 11.1 Å². The van der Waals surface area contributed by atoms with Gasteiger partial charge in [-0.2, -0.15) is 5.26 Å². The monoisotopic (exact) mass is 326 g/mol. The molecule has 0 saturated carbocycles. The average Bonchev–Trinajstić information content (AvgIpc) is 2.68. The molecule has 0 fully saturated rings. The molecule has 0 aliphatic carbocycles. The summed E-state index contributed by atoms with van der Waals surface area (Å²) >= 11 is 0. The average molecular weight is 326 g/mol. The van der Waals surface area contributed by atoms with Crippen molar-refractivity contribution in [3.05, 3.63) is 78.1 Å². The van der Waals surface area contributed by atoms with Crippen LogP contribution in [0.3, 0.4) is 0 Å². The van der Waals surface area contributed by atoms with Gasteiger partial charge in [-0.25, -0.2) is 0 Å². The van der Waals surface area contributed by atoms with Gasteiger partial charge in [-0.3, -0.25) is 14.8 Å². The number of nitrogens with one attached hydrogen (secondary N) is 1. The summed E-state index contributed by atoms with van der Waals surface area (Å²) in [4.78, 5) is 19.7. The molecule has 5 nitrogen and oxygen atoms in total. The Bertz CT molecular complexity index is 924. The molecule has 3 aromatic rings. The quantitative estimate of drug-likeness (QED) is 0.740. The van der Waals surface area contributed by atoms with Gasteiger partial charge in [0.1, 0.15) is 0 Å². The molecule has 0 spiro atoms. The standard InChI is InChI=1S/C20H14N4O/c21-13-20(25)24-17-9-6-15(7-10-17)4-5-16-8-11-19(23-14-16)18-3-1-2-12-22-18/h1-12,14H,(H,24,25)/b5-4-. The number of aromatic nitrogens is 2. The van der Waals surface area contributed by atoms with Gasteiger partial charge < -0.3 is 5.32 Å². The van der Waals surface area contributed by atoms with Crippen molar-refractivity contribution in [1.29, 1.82) is 5.26 Å². The molecule has 120 valence electrons. The molecular formula is C20H14N4O. The van der Waals surface area contributed by atoms with Crippen LogP contribution in [0.2, 0.25) is 0 Å². The fourth-order valence-electron chi connectivity index (χ4n) is 2.20. The third-order valence-corrected chi connectivity index (χ3v) is 3.45.